The van der Waals surface area contributed by atoms with E-state index in [0.29, 0.717) is 0 Å². The van der Waals surface area contributed by atoms with Crippen LogP contribution >= 0.6 is 0 Å². The Morgan fingerprint density at radius 3 is 2.40 bits per heavy atom. The lowest BCUT2D eigenvalue weighted by atomic mass is 10.3. The highest BCUT2D eigenvalue weighted by molar-refractivity contribution is 5.76. The molecule has 0 bridgehead atoms. The monoisotopic (exact) mass is 217 g/mol. The highest BCUT2D eigenvalue weighted by Gasteiger charge is 2.25. The van der Waals surface area contributed by atoms with Gasteiger partial charge in [0.1, 0.15) is 0 Å². The van der Waals surface area contributed by atoms with Gasteiger partial charge >= 0.3 is 11.7 Å². The Balaban J connectivity index is 3.26. The van der Waals surface area contributed by atoms with Gasteiger partial charge in [-0.05, 0) is 0 Å². The summed E-state index contributed by atoms with van der Waals surface area (Å²) in [7, 11) is 0. The van der Waals surface area contributed by atoms with Gasteiger partial charge in [0, 0.05) is 16.2 Å². The first kappa shape index (κ1) is 10.9. The van der Waals surface area contributed by atoms with Gasteiger partial charge in [-0.15, -0.1) is 0 Å². The minimum atomic E-state index is -0.945. The number of hydrogen-bond donors (Lipinski definition) is 5. The van der Waals surface area contributed by atoms with E-state index in [4.69, 9.17) is 21.7 Å². The van der Waals surface area contributed by atoms with Crippen molar-refractivity contribution in [2.45, 2.75) is 0 Å². The maximum absolute atomic E-state index is 11.0. The number of nitrogens with zero attached hydrogens (tertiary/aromatic N) is 2. The summed E-state index contributed by atoms with van der Waals surface area (Å²) in [6.45, 7) is -0.137. The number of aromatic nitrogens is 2. The fraction of sp³-hybridized carbons (Fsp3) is 0.333. The van der Waals surface area contributed by atoms with E-state index in [9.17, 15) is 10.4 Å². The Morgan fingerprint density at radius 1 is 1.27 bits per heavy atom. The third kappa shape index (κ3) is 1.72. The Morgan fingerprint density at radius 2 is 1.87 bits per heavy atom. The minimum absolute atomic E-state index is 0.0800. The maximum atomic E-state index is 11.0. The van der Waals surface area contributed by atoms with E-state index in [1.807, 2.05) is 0 Å². The van der Waals surface area contributed by atoms with Crippen LogP contribution in [0.4, 0.5) is 17.2 Å². The number of aliphatic hydroxyl groups excluding tert-OH is 1. The smallest absolute Gasteiger partial charge is 0.446 e. The molecule has 0 aliphatic heterocycles. The number of nitrogens with one attached hydrogen (secondary N) is 1. The van der Waals surface area contributed by atoms with Crippen molar-refractivity contribution < 1.29 is 19.9 Å². The van der Waals surface area contributed by atoms with Gasteiger partial charge in [-0.1, -0.05) is 0 Å². The quantitative estimate of drug-likeness (QED) is 0.270. The van der Waals surface area contributed by atoms with E-state index < -0.39 is 11.7 Å². The first-order valence-corrected chi connectivity index (χ1v) is 3.98. The molecule has 1 aromatic rings. The number of rotatable bonds is 3. The van der Waals surface area contributed by atoms with Crippen molar-refractivity contribution in [1.82, 2.24) is 0 Å². The lowest BCUT2D eigenvalue weighted by Crippen LogP contribution is -2.62. The van der Waals surface area contributed by atoms with Gasteiger partial charge in [0.25, 0.3) is 0 Å². The van der Waals surface area contributed by atoms with Crippen LogP contribution < -0.4 is 26.5 Å². The maximum Gasteiger partial charge on any atom is 0.446 e. The van der Waals surface area contributed by atoms with Crippen LogP contribution in [0.5, 0.6) is 5.88 Å². The molecule has 15 heavy (non-hydrogen) atoms. The van der Waals surface area contributed by atoms with Gasteiger partial charge in [-0.2, -0.15) is 0 Å². The molecule has 1 rings (SSSR count). The Kier molecular flexibility index (Phi) is 2.85. The molecule has 84 valence electrons. The highest BCUT2D eigenvalue weighted by Crippen LogP contribution is 2.27. The van der Waals surface area contributed by atoms with Gasteiger partial charge in [-0.25, -0.2) is 0 Å². The average Bonchev–Trinajstić information content (AvgIpc) is 2.24. The molecular weight excluding hydrogens is 206 g/mol. The first-order valence-electron chi connectivity index (χ1n) is 3.98. The van der Waals surface area contributed by atoms with E-state index >= 15 is 0 Å². The lowest BCUT2D eigenvalue weighted by molar-refractivity contribution is -1.18. The molecule has 0 aromatic carbocycles. The lowest BCUT2D eigenvalue weighted by Gasteiger charge is -2.12. The first-order chi connectivity index (χ1) is 7.00. The molecule has 0 aliphatic carbocycles. The van der Waals surface area contributed by atoms with Crippen LogP contribution in [0.25, 0.3) is 0 Å². The van der Waals surface area contributed by atoms with E-state index in [1.54, 1.807) is 0 Å². The predicted octanol–water partition coefficient (Wildman–Crippen LogP) is -2.77. The van der Waals surface area contributed by atoms with Crippen LogP contribution in [0.2, 0.25) is 0 Å². The van der Waals surface area contributed by atoms with Crippen molar-refractivity contribution in [3.05, 3.63) is 10.4 Å². The van der Waals surface area contributed by atoms with Crippen LogP contribution in [0.1, 0.15) is 0 Å². The molecule has 0 saturated heterocycles. The molecular formula is C6H11N5O4. The van der Waals surface area contributed by atoms with Crippen LogP contribution in [-0.2, 0) is 0 Å². The molecule has 9 nitrogen and oxygen atoms in total. The average molecular weight is 217 g/mol. The third-order valence-electron chi connectivity index (χ3n) is 1.73. The van der Waals surface area contributed by atoms with Gasteiger partial charge in [0.2, 0.25) is 0 Å². The van der Waals surface area contributed by atoms with Crippen molar-refractivity contribution in [2.75, 3.05) is 29.9 Å². The Labute approximate surface area is 84.3 Å². The number of aromatic hydroxyl groups is 1. The van der Waals surface area contributed by atoms with Crippen molar-refractivity contribution in [1.29, 1.82) is 0 Å². The van der Waals surface area contributed by atoms with Crippen LogP contribution in [0.15, 0.2) is 0 Å². The zero-order valence-corrected chi connectivity index (χ0v) is 7.67. The zero-order chi connectivity index (χ0) is 11.6. The SMILES string of the molecule is Nc1c(NCCO)c(N)[n+]([O-])[n+]([O-])c1O. The number of anilines is 3. The van der Waals surface area contributed by atoms with E-state index in [2.05, 4.69) is 5.32 Å². The summed E-state index contributed by atoms with van der Waals surface area (Å²) in [5.74, 6) is -1.42. The number of nitrogens with two attached hydrogens (primary N) is 2. The van der Waals surface area contributed by atoms with Crippen LogP contribution in [-0.4, -0.2) is 23.4 Å². The summed E-state index contributed by atoms with van der Waals surface area (Å²) in [6, 6.07) is 0. The molecule has 0 amide bonds. The van der Waals surface area contributed by atoms with Crippen LogP contribution in [0.3, 0.4) is 0 Å². The molecule has 7 N–H and O–H groups in total. The third-order valence-corrected chi connectivity index (χ3v) is 1.73. The molecule has 1 heterocycles. The number of hydrogen-bond acceptors (Lipinski definition) is 7. The standard InChI is InChI=1S/C6H11N5O4/c7-3-4(9-1-2-12)5(8)10(14)11(15)6(3)13/h9,12-13H,1-2,7-8H2. The van der Waals surface area contributed by atoms with Crippen molar-refractivity contribution >= 4 is 17.2 Å². The van der Waals surface area contributed by atoms with Gasteiger partial charge < -0.3 is 31.7 Å². The topological polar surface area (TPSA) is 158 Å². The summed E-state index contributed by atoms with van der Waals surface area (Å²) in [4.78, 5) is -0.639. The molecule has 0 saturated carbocycles. The zero-order valence-electron chi connectivity index (χ0n) is 7.67. The molecule has 0 atom stereocenters. The summed E-state index contributed by atoms with van der Waals surface area (Å²) in [6.07, 6.45) is 0. The summed E-state index contributed by atoms with van der Waals surface area (Å²) >= 11 is 0. The molecule has 0 aliphatic rings. The molecule has 9 heteroatoms. The fourth-order valence-electron chi connectivity index (χ4n) is 0.999. The van der Waals surface area contributed by atoms with E-state index in [0.717, 1.165) is 0 Å². The molecule has 0 radical (unpaired) electrons. The second-order valence-corrected chi connectivity index (χ2v) is 2.69. The highest BCUT2D eigenvalue weighted by atomic mass is 16.6. The van der Waals surface area contributed by atoms with E-state index in [-0.39, 0.29) is 34.2 Å². The summed E-state index contributed by atoms with van der Waals surface area (Å²) < 4.78 is 0. The largest absolute Gasteiger partial charge is 0.657 e. The number of aliphatic hydroxyl groups is 1. The van der Waals surface area contributed by atoms with Gasteiger partial charge in [0.15, 0.2) is 11.4 Å². The van der Waals surface area contributed by atoms with E-state index in [1.165, 1.54) is 0 Å². The van der Waals surface area contributed by atoms with Gasteiger partial charge in [0.05, 0.1) is 6.61 Å². The van der Waals surface area contributed by atoms with Crippen molar-refractivity contribution in [3.63, 3.8) is 0 Å². The van der Waals surface area contributed by atoms with Crippen molar-refractivity contribution in [3.8, 4) is 5.88 Å². The minimum Gasteiger partial charge on any atom is -0.657 e. The summed E-state index contributed by atoms with van der Waals surface area (Å²) in [5.41, 5.74) is 10.2. The fourth-order valence-corrected chi connectivity index (χ4v) is 0.999. The second kappa shape index (κ2) is 3.92. The Bertz CT molecular complexity index is 353. The normalized spacial score (nSPS) is 10.2. The van der Waals surface area contributed by atoms with Crippen LogP contribution in [0, 0.1) is 10.4 Å². The molecule has 1 aromatic heterocycles. The van der Waals surface area contributed by atoms with Crippen molar-refractivity contribution in [2.24, 2.45) is 0 Å². The van der Waals surface area contributed by atoms with Gasteiger partial charge in [-0.3, -0.25) is 5.73 Å². The summed E-state index contributed by atoms with van der Waals surface area (Å²) in [5, 5.41) is 42.2. The predicted molar refractivity (Wildman–Crippen MR) is 50.4 cm³/mol. The Hall–Kier alpha value is -2.16. The number of nitrogen functional groups attached to an aromatic ring is 2. The molecule has 0 unspecified atom stereocenters. The molecule has 0 spiro atoms. The molecule has 0 fully saturated rings. The second-order valence-electron chi connectivity index (χ2n) is 2.69.